The molecule has 1 unspecified atom stereocenters. The number of amides is 1. The Labute approximate surface area is 135 Å². The molecule has 0 saturated carbocycles. The van der Waals surface area contributed by atoms with Gasteiger partial charge in [-0.05, 0) is 24.5 Å². The number of hydrogen-bond acceptors (Lipinski definition) is 3. The first kappa shape index (κ1) is 16.6. The van der Waals surface area contributed by atoms with Gasteiger partial charge in [0.05, 0.1) is 22.7 Å². The molecule has 21 heavy (non-hydrogen) atoms. The molecule has 116 valence electrons. The van der Waals surface area contributed by atoms with Gasteiger partial charge in [-0.3, -0.25) is 4.79 Å². The first-order chi connectivity index (χ1) is 10.1. The molecule has 1 aromatic rings. The monoisotopic (exact) mass is 330 g/mol. The predicted octanol–water partition coefficient (Wildman–Crippen LogP) is 2.72. The molecule has 4 nitrogen and oxygen atoms in total. The highest BCUT2D eigenvalue weighted by Gasteiger charge is 2.16. The summed E-state index contributed by atoms with van der Waals surface area (Å²) in [5, 5.41) is 4.16. The van der Waals surface area contributed by atoms with Crippen LogP contribution in [0.2, 0.25) is 10.0 Å². The van der Waals surface area contributed by atoms with Crippen LogP contribution in [0.25, 0.3) is 0 Å². The van der Waals surface area contributed by atoms with E-state index in [1.165, 1.54) is 0 Å². The maximum absolute atomic E-state index is 12.1. The average molecular weight is 331 g/mol. The molecule has 0 aromatic heterocycles. The smallest absolute Gasteiger partial charge is 0.236 e. The Morgan fingerprint density at radius 2 is 2.29 bits per heavy atom. The molecule has 0 spiro atoms. The summed E-state index contributed by atoms with van der Waals surface area (Å²) in [7, 11) is 1.76. The number of ether oxygens (including phenoxy) is 1. The van der Waals surface area contributed by atoms with Crippen molar-refractivity contribution in [3.8, 4) is 0 Å². The van der Waals surface area contributed by atoms with Crippen molar-refractivity contribution in [3.63, 3.8) is 0 Å². The summed E-state index contributed by atoms with van der Waals surface area (Å²) in [5.74, 6) is 0.0176. The van der Waals surface area contributed by atoms with E-state index in [0.717, 1.165) is 31.6 Å². The molecule has 1 fully saturated rings. The summed E-state index contributed by atoms with van der Waals surface area (Å²) in [6.45, 7) is 2.29. The van der Waals surface area contributed by atoms with Crippen molar-refractivity contribution in [2.75, 3.05) is 26.7 Å². The zero-order valence-corrected chi connectivity index (χ0v) is 13.6. The van der Waals surface area contributed by atoms with Gasteiger partial charge in [0.1, 0.15) is 0 Å². The predicted molar refractivity (Wildman–Crippen MR) is 84.8 cm³/mol. The number of nitrogens with one attached hydrogen (secondary N) is 1. The Morgan fingerprint density at radius 3 is 3.00 bits per heavy atom. The number of carbonyl (C=O) groups is 1. The Balaban J connectivity index is 1.77. The third kappa shape index (κ3) is 4.85. The molecule has 0 aliphatic carbocycles. The van der Waals surface area contributed by atoms with E-state index in [-0.39, 0.29) is 12.0 Å². The molecule has 1 atom stereocenters. The molecule has 1 heterocycles. The van der Waals surface area contributed by atoms with Crippen LogP contribution >= 0.6 is 23.2 Å². The van der Waals surface area contributed by atoms with Crippen molar-refractivity contribution in [2.45, 2.75) is 25.5 Å². The fourth-order valence-electron chi connectivity index (χ4n) is 2.29. The van der Waals surface area contributed by atoms with Crippen molar-refractivity contribution in [1.82, 2.24) is 10.2 Å². The van der Waals surface area contributed by atoms with Crippen molar-refractivity contribution in [2.24, 2.45) is 0 Å². The molecule has 0 radical (unpaired) electrons. The summed E-state index contributed by atoms with van der Waals surface area (Å²) in [5.41, 5.74) is 0.846. The lowest BCUT2D eigenvalue weighted by atomic mass is 10.2. The number of likely N-dealkylation sites (N-methyl/N-ethyl adjacent to an activating group) is 1. The number of hydrogen-bond donors (Lipinski definition) is 1. The fraction of sp³-hybridized carbons (Fsp3) is 0.533. The summed E-state index contributed by atoms with van der Waals surface area (Å²) >= 11 is 12.1. The lowest BCUT2D eigenvalue weighted by Crippen LogP contribution is -2.38. The third-order valence-electron chi connectivity index (χ3n) is 3.54. The Hall–Kier alpha value is -0.810. The summed E-state index contributed by atoms with van der Waals surface area (Å²) in [6.07, 6.45) is 2.41. The summed E-state index contributed by atoms with van der Waals surface area (Å²) < 4.78 is 5.50. The van der Waals surface area contributed by atoms with Crippen molar-refractivity contribution >= 4 is 29.1 Å². The van der Waals surface area contributed by atoms with E-state index in [2.05, 4.69) is 5.32 Å². The van der Waals surface area contributed by atoms with Gasteiger partial charge in [0.25, 0.3) is 0 Å². The van der Waals surface area contributed by atoms with E-state index >= 15 is 0 Å². The maximum atomic E-state index is 12.1. The van der Waals surface area contributed by atoms with E-state index in [1.54, 1.807) is 18.0 Å². The first-order valence-electron chi connectivity index (χ1n) is 7.07. The first-order valence-corrected chi connectivity index (χ1v) is 7.82. The van der Waals surface area contributed by atoms with Gasteiger partial charge in [-0.2, -0.15) is 0 Å². The number of halogens is 2. The molecule has 1 aromatic carbocycles. The normalized spacial score (nSPS) is 18.0. The summed E-state index contributed by atoms with van der Waals surface area (Å²) in [6, 6.07) is 5.44. The molecule has 2 rings (SSSR count). The minimum absolute atomic E-state index is 0.0176. The van der Waals surface area contributed by atoms with E-state index in [0.29, 0.717) is 23.1 Å². The second kappa shape index (κ2) is 7.99. The summed E-state index contributed by atoms with van der Waals surface area (Å²) in [4.78, 5) is 13.7. The van der Waals surface area contributed by atoms with Crippen molar-refractivity contribution in [1.29, 1.82) is 0 Å². The van der Waals surface area contributed by atoms with Crippen molar-refractivity contribution < 1.29 is 9.53 Å². The highest BCUT2D eigenvalue weighted by atomic mass is 35.5. The van der Waals surface area contributed by atoms with Crippen LogP contribution in [0.5, 0.6) is 0 Å². The number of rotatable bonds is 6. The van der Waals surface area contributed by atoms with Gasteiger partial charge in [-0.1, -0.05) is 35.3 Å². The third-order valence-corrected chi connectivity index (χ3v) is 4.40. The molecule has 1 saturated heterocycles. The second-order valence-corrected chi connectivity index (χ2v) is 6.01. The number of carbonyl (C=O) groups excluding carboxylic acids is 1. The molecule has 0 bridgehead atoms. The van der Waals surface area contributed by atoms with Gasteiger partial charge >= 0.3 is 0 Å². The Kier molecular flexibility index (Phi) is 6.30. The molecule has 6 heteroatoms. The van der Waals surface area contributed by atoms with Gasteiger partial charge in [0.15, 0.2) is 0 Å². The van der Waals surface area contributed by atoms with E-state index in [9.17, 15) is 4.79 Å². The van der Waals surface area contributed by atoms with E-state index in [4.69, 9.17) is 27.9 Å². The van der Waals surface area contributed by atoms with Crippen LogP contribution in [0.3, 0.4) is 0 Å². The van der Waals surface area contributed by atoms with Crippen LogP contribution in [-0.4, -0.2) is 43.7 Å². The van der Waals surface area contributed by atoms with Gasteiger partial charge in [-0.15, -0.1) is 0 Å². The van der Waals surface area contributed by atoms with Crippen LogP contribution in [0, 0.1) is 0 Å². The van der Waals surface area contributed by atoms with Crippen LogP contribution in [0.4, 0.5) is 0 Å². The molecule has 1 aliphatic rings. The highest BCUT2D eigenvalue weighted by Crippen LogP contribution is 2.26. The maximum Gasteiger partial charge on any atom is 0.236 e. The Morgan fingerprint density at radius 1 is 1.48 bits per heavy atom. The van der Waals surface area contributed by atoms with Gasteiger partial charge in [-0.25, -0.2) is 0 Å². The molecule has 1 aliphatic heterocycles. The molecule has 1 N–H and O–H groups in total. The highest BCUT2D eigenvalue weighted by molar-refractivity contribution is 6.42. The van der Waals surface area contributed by atoms with Gasteiger partial charge in [0, 0.05) is 26.7 Å². The van der Waals surface area contributed by atoms with Crippen LogP contribution < -0.4 is 5.32 Å². The SMILES string of the molecule is CN(Cc1cccc(Cl)c1Cl)C(=O)CNCC1CCCO1. The molecular formula is C15H20Cl2N2O2. The zero-order valence-electron chi connectivity index (χ0n) is 12.1. The largest absolute Gasteiger partial charge is 0.377 e. The van der Waals surface area contributed by atoms with E-state index in [1.807, 2.05) is 12.1 Å². The number of benzene rings is 1. The molecule has 1 amide bonds. The van der Waals surface area contributed by atoms with E-state index < -0.39 is 0 Å². The van der Waals surface area contributed by atoms with Crippen LogP contribution in [0.1, 0.15) is 18.4 Å². The zero-order chi connectivity index (χ0) is 15.2. The van der Waals surface area contributed by atoms with Crippen LogP contribution in [-0.2, 0) is 16.1 Å². The van der Waals surface area contributed by atoms with Gasteiger partial charge in [0.2, 0.25) is 5.91 Å². The topological polar surface area (TPSA) is 41.6 Å². The fourth-order valence-corrected chi connectivity index (χ4v) is 2.67. The Bertz CT molecular complexity index is 491. The quantitative estimate of drug-likeness (QED) is 0.871. The minimum Gasteiger partial charge on any atom is -0.377 e. The van der Waals surface area contributed by atoms with Crippen LogP contribution in [0.15, 0.2) is 18.2 Å². The number of nitrogens with zero attached hydrogens (tertiary/aromatic N) is 1. The lowest BCUT2D eigenvalue weighted by molar-refractivity contribution is -0.129. The average Bonchev–Trinajstić information content (AvgIpc) is 2.97. The standard InChI is InChI=1S/C15H20Cl2N2O2/c1-19(10-11-4-2-6-13(16)15(11)17)14(20)9-18-8-12-5-3-7-21-12/h2,4,6,12,18H,3,5,7-10H2,1H3. The minimum atomic E-state index is 0.0176. The lowest BCUT2D eigenvalue weighted by Gasteiger charge is -2.19. The van der Waals surface area contributed by atoms with Crippen molar-refractivity contribution in [3.05, 3.63) is 33.8 Å². The second-order valence-electron chi connectivity index (χ2n) is 5.23. The molecular weight excluding hydrogens is 311 g/mol. The van der Waals surface area contributed by atoms with Gasteiger partial charge < -0.3 is 15.0 Å².